The number of hydrogen-bond acceptors (Lipinski definition) is 5. The zero-order valence-electron chi connectivity index (χ0n) is 17.1. The lowest BCUT2D eigenvalue weighted by Gasteiger charge is -2.40. The van der Waals surface area contributed by atoms with E-state index in [4.69, 9.17) is 9.47 Å². The van der Waals surface area contributed by atoms with Gasteiger partial charge in [-0.25, -0.2) is 15.2 Å². The molecule has 3 heterocycles. The Bertz CT molecular complexity index is 1110. The lowest BCUT2D eigenvalue weighted by atomic mass is 9.81. The summed E-state index contributed by atoms with van der Waals surface area (Å²) in [6, 6.07) is 21.9. The molecule has 0 aromatic heterocycles. The summed E-state index contributed by atoms with van der Waals surface area (Å²) in [5, 5.41) is 0. The molecule has 31 heavy (non-hydrogen) atoms. The van der Waals surface area contributed by atoms with Crippen LogP contribution in [0.15, 0.2) is 66.7 Å². The van der Waals surface area contributed by atoms with Crippen molar-refractivity contribution in [2.45, 2.75) is 18.6 Å². The first-order valence-electron chi connectivity index (χ1n) is 10.8. The average Bonchev–Trinajstić information content (AvgIpc) is 3.24. The third kappa shape index (κ3) is 3.23. The molecule has 3 atom stereocenters. The molecule has 0 amide bonds. The van der Waals surface area contributed by atoms with Crippen molar-refractivity contribution in [2.24, 2.45) is 5.92 Å². The first-order chi connectivity index (χ1) is 15.3. The highest BCUT2D eigenvalue weighted by Gasteiger charge is 2.44. The topological polar surface area (TPSA) is 45.8 Å². The molecule has 2 N–H and O–H groups in total. The van der Waals surface area contributed by atoms with Gasteiger partial charge in [-0.15, -0.1) is 0 Å². The minimum absolute atomic E-state index is 0.132. The summed E-state index contributed by atoms with van der Waals surface area (Å²) in [4.78, 5) is 2.28. The van der Waals surface area contributed by atoms with Crippen LogP contribution in [0.1, 0.15) is 28.8 Å². The normalized spacial score (nSPS) is 23.9. The summed E-state index contributed by atoms with van der Waals surface area (Å²) >= 11 is 0. The Kier molecular flexibility index (Phi) is 4.55. The second kappa shape index (κ2) is 7.55. The van der Waals surface area contributed by atoms with Crippen LogP contribution in [0.2, 0.25) is 0 Å². The van der Waals surface area contributed by atoms with Crippen molar-refractivity contribution in [2.75, 3.05) is 24.7 Å². The molecule has 0 bridgehead atoms. The third-order valence-electron chi connectivity index (χ3n) is 6.53. The molecule has 3 aromatic carbocycles. The molecule has 0 spiro atoms. The molecule has 1 saturated heterocycles. The summed E-state index contributed by atoms with van der Waals surface area (Å²) in [5.41, 5.74) is 11.2. The van der Waals surface area contributed by atoms with Crippen LogP contribution in [0.3, 0.4) is 0 Å². The summed E-state index contributed by atoms with van der Waals surface area (Å²) in [6.07, 6.45) is 0. The highest BCUT2D eigenvalue weighted by Crippen LogP contribution is 2.49. The van der Waals surface area contributed by atoms with E-state index >= 15 is 0 Å². The van der Waals surface area contributed by atoms with E-state index in [0.717, 1.165) is 29.3 Å². The summed E-state index contributed by atoms with van der Waals surface area (Å²) in [7, 11) is 0. The number of hydrazine groups is 1. The highest BCUT2D eigenvalue weighted by atomic mass is 19.1. The number of anilines is 1. The predicted octanol–water partition coefficient (Wildman–Crippen LogP) is 4.12. The molecule has 6 heteroatoms. The number of nitrogens with zero attached hydrogens (tertiary/aromatic N) is 1. The van der Waals surface area contributed by atoms with E-state index in [1.807, 2.05) is 18.2 Å². The Hall–Kier alpha value is -3.09. The maximum absolute atomic E-state index is 14.5. The second-order valence-electron chi connectivity index (χ2n) is 8.35. The Morgan fingerprint density at radius 2 is 1.58 bits per heavy atom. The first-order valence-corrected chi connectivity index (χ1v) is 10.8. The largest absolute Gasteiger partial charge is 0.486 e. The maximum atomic E-state index is 14.5. The molecule has 0 aliphatic carbocycles. The molecular formula is C25H24FN3O2. The van der Waals surface area contributed by atoms with Gasteiger partial charge in [0.1, 0.15) is 19.0 Å². The van der Waals surface area contributed by atoms with E-state index < -0.39 is 0 Å². The van der Waals surface area contributed by atoms with Crippen LogP contribution in [0.25, 0.3) is 0 Å². The highest BCUT2D eigenvalue weighted by molar-refractivity contribution is 5.65. The minimum atomic E-state index is -0.175. The van der Waals surface area contributed by atoms with Gasteiger partial charge < -0.3 is 14.4 Å². The van der Waals surface area contributed by atoms with E-state index in [-0.39, 0.29) is 23.8 Å². The van der Waals surface area contributed by atoms with Crippen LogP contribution < -0.4 is 25.2 Å². The van der Waals surface area contributed by atoms with Crippen molar-refractivity contribution >= 4 is 5.69 Å². The predicted molar refractivity (Wildman–Crippen MR) is 117 cm³/mol. The van der Waals surface area contributed by atoms with Gasteiger partial charge in [0.25, 0.3) is 0 Å². The van der Waals surface area contributed by atoms with Gasteiger partial charge in [0.05, 0.1) is 12.1 Å². The Morgan fingerprint density at radius 3 is 2.39 bits per heavy atom. The lowest BCUT2D eigenvalue weighted by Crippen LogP contribution is -2.39. The quantitative estimate of drug-likeness (QED) is 0.671. The van der Waals surface area contributed by atoms with Gasteiger partial charge in [0.15, 0.2) is 11.5 Å². The Morgan fingerprint density at radius 1 is 0.871 bits per heavy atom. The number of halogens is 1. The standard InChI is InChI=1S/C25H24FN3O2/c26-20-9-5-4-8-17(20)14-29-15-19-24(16-6-2-1-3-7-16)27-28-25(19)18-12-22-23(13-21(18)29)31-11-10-30-22/h1-9,12-13,19,24-25,27-28H,10-11,14-15H2. The monoisotopic (exact) mass is 417 g/mol. The SMILES string of the molecule is Fc1ccccc1CN1CC2C(c3ccccc3)NNC2c2cc3c(cc21)OCCO3. The number of rotatable bonds is 3. The molecular weight excluding hydrogens is 393 g/mol. The Balaban J connectivity index is 1.43. The van der Waals surface area contributed by atoms with E-state index in [0.29, 0.717) is 25.3 Å². The van der Waals surface area contributed by atoms with Crippen LogP contribution in [-0.4, -0.2) is 19.8 Å². The van der Waals surface area contributed by atoms with Gasteiger partial charge in [-0.2, -0.15) is 0 Å². The second-order valence-corrected chi connectivity index (χ2v) is 8.35. The van der Waals surface area contributed by atoms with Gasteiger partial charge in [0.2, 0.25) is 0 Å². The van der Waals surface area contributed by atoms with E-state index in [9.17, 15) is 4.39 Å². The lowest BCUT2D eigenvalue weighted by molar-refractivity contribution is 0.171. The molecule has 158 valence electrons. The van der Waals surface area contributed by atoms with Gasteiger partial charge in [-0.3, -0.25) is 0 Å². The van der Waals surface area contributed by atoms with Crippen molar-refractivity contribution in [1.29, 1.82) is 0 Å². The van der Waals surface area contributed by atoms with Crippen molar-refractivity contribution in [3.8, 4) is 11.5 Å². The van der Waals surface area contributed by atoms with Crippen molar-refractivity contribution in [1.82, 2.24) is 10.9 Å². The molecule has 6 rings (SSSR count). The van der Waals surface area contributed by atoms with Gasteiger partial charge in [0, 0.05) is 36.3 Å². The van der Waals surface area contributed by atoms with E-state index in [1.54, 1.807) is 6.07 Å². The molecule has 5 nitrogen and oxygen atoms in total. The molecule has 3 unspecified atom stereocenters. The summed E-state index contributed by atoms with van der Waals surface area (Å²) in [6.45, 7) is 2.40. The molecule has 3 aliphatic heterocycles. The number of nitrogens with one attached hydrogen (secondary N) is 2. The van der Waals surface area contributed by atoms with Crippen molar-refractivity contribution in [3.63, 3.8) is 0 Å². The average molecular weight is 417 g/mol. The smallest absolute Gasteiger partial charge is 0.163 e. The number of benzene rings is 3. The van der Waals surface area contributed by atoms with Gasteiger partial charge >= 0.3 is 0 Å². The summed E-state index contributed by atoms with van der Waals surface area (Å²) in [5.74, 6) is 1.64. The van der Waals surface area contributed by atoms with Gasteiger partial charge in [-0.05, 0) is 23.3 Å². The number of hydrogen-bond donors (Lipinski definition) is 2. The number of ether oxygens (including phenoxy) is 2. The van der Waals surface area contributed by atoms with E-state index in [2.05, 4.69) is 52.1 Å². The first kappa shape index (κ1) is 18.7. The molecule has 3 aromatic rings. The van der Waals surface area contributed by atoms with Crippen LogP contribution in [-0.2, 0) is 6.54 Å². The molecule has 0 radical (unpaired) electrons. The van der Waals surface area contributed by atoms with Crippen molar-refractivity contribution in [3.05, 3.63) is 89.2 Å². The van der Waals surface area contributed by atoms with Crippen LogP contribution in [0, 0.1) is 11.7 Å². The van der Waals surface area contributed by atoms with Crippen molar-refractivity contribution < 1.29 is 13.9 Å². The minimum Gasteiger partial charge on any atom is -0.486 e. The fourth-order valence-corrected chi connectivity index (χ4v) is 5.05. The maximum Gasteiger partial charge on any atom is 0.163 e. The Labute approximate surface area is 180 Å². The molecule has 1 fully saturated rings. The van der Waals surface area contributed by atoms with Crippen LogP contribution in [0.5, 0.6) is 11.5 Å². The fraction of sp³-hybridized carbons (Fsp3) is 0.280. The molecule has 3 aliphatic rings. The van der Waals surface area contributed by atoms with E-state index in [1.165, 1.54) is 11.6 Å². The van der Waals surface area contributed by atoms with Gasteiger partial charge in [-0.1, -0.05) is 48.5 Å². The van der Waals surface area contributed by atoms with Crippen LogP contribution >= 0.6 is 0 Å². The zero-order valence-corrected chi connectivity index (χ0v) is 17.1. The number of fused-ring (bicyclic) bond motifs is 4. The van der Waals surface area contributed by atoms with Crippen LogP contribution in [0.4, 0.5) is 10.1 Å². The zero-order chi connectivity index (χ0) is 20.8. The fourth-order valence-electron chi connectivity index (χ4n) is 5.05. The third-order valence-corrected chi connectivity index (χ3v) is 6.53. The summed E-state index contributed by atoms with van der Waals surface area (Å²) < 4.78 is 26.2. The molecule has 0 saturated carbocycles.